The van der Waals surface area contributed by atoms with E-state index in [0.717, 1.165) is 32.1 Å². The minimum absolute atomic E-state index is 0.126. The van der Waals surface area contributed by atoms with Gasteiger partial charge in [0.25, 0.3) is 0 Å². The van der Waals surface area contributed by atoms with Crippen LogP contribution in [0.15, 0.2) is 11.6 Å². The lowest BCUT2D eigenvalue weighted by atomic mass is 9.72. The maximum atomic E-state index is 11.5. The zero-order valence-corrected chi connectivity index (χ0v) is 11.8. The molecule has 1 fully saturated rings. The normalized spacial score (nSPS) is 25.1. The van der Waals surface area contributed by atoms with Crippen LogP contribution in [-0.4, -0.2) is 18.4 Å². The van der Waals surface area contributed by atoms with Crippen LogP contribution in [0.5, 0.6) is 0 Å². The number of allylic oxidation sites excluding steroid dienone is 1. The second-order valence-corrected chi connectivity index (χ2v) is 5.53. The van der Waals surface area contributed by atoms with E-state index < -0.39 is 0 Å². The van der Waals surface area contributed by atoms with E-state index in [-0.39, 0.29) is 11.4 Å². The number of Topliss-reactive ketones (excluding diaryl/α,β-unsaturated/α-hetero) is 1. The lowest BCUT2D eigenvalue weighted by Gasteiger charge is -2.32. The van der Waals surface area contributed by atoms with Crippen LogP contribution in [0.3, 0.4) is 0 Å². The van der Waals surface area contributed by atoms with Crippen molar-refractivity contribution in [3.05, 3.63) is 11.6 Å². The molecule has 0 radical (unpaired) electrons. The van der Waals surface area contributed by atoms with Gasteiger partial charge in [-0.1, -0.05) is 13.0 Å². The summed E-state index contributed by atoms with van der Waals surface area (Å²) in [5.41, 5.74) is 0.795. The Labute approximate surface area is 110 Å². The molecule has 1 aliphatic carbocycles. The molecule has 0 amide bonds. The fourth-order valence-corrected chi connectivity index (χ4v) is 2.54. The smallest absolute Gasteiger partial charge is 0.333 e. The van der Waals surface area contributed by atoms with Crippen LogP contribution in [0.1, 0.15) is 59.3 Å². The molecule has 3 heteroatoms. The SMILES string of the molecule is CCOC(=O)/C(C)=C/CCC1(C)CCCC(=O)C1. The summed E-state index contributed by atoms with van der Waals surface area (Å²) in [5.74, 6) is 0.150. The Bertz CT molecular complexity index is 344. The molecule has 1 rings (SSSR count). The number of hydrogen-bond donors (Lipinski definition) is 0. The Morgan fingerprint density at radius 2 is 2.22 bits per heavy atom. The van der Waals surface area contributed by atoms with Gasteiger partial charge in [0.2, 0.25) is 0 Å². The monoisotopic (exact) mass is 252 g/mol. The van der Waals surface area contributed by atoms with Crippen molar-refractivity contribution in [3.63, 3.8) is 0 Å². The number of ketones is 1. The van der Waals surface area contributed by atoms with Crippen molar-refractivity contribution in [2.75, 3.05) is 6.61 Å². The maximum Gasteiger partial charge on any atom is 0.333 e. The average Bonchev–Trinajstić information content (AvgIpc) is 2.28. The molecule has 0 aromatic heterocycles. The van der Waals surface area contributed by atoms with E-state index in [1.54, 1.807) is 13.8 Å². The molecule has 3 nitrogen and oxygen atoms in total. The summed E-state index contributed by atoms with van der Waals surface area (Å²) in [4.78, 5) is 22.9. The molecular weight excluding hydrogens is 228 g/mol. The van der Waals surface area contributed by atoms with Gasteiger partial charge in [-0.05, 0) is 44.9 Å². The van der Waals surface area contributed by atoms with Crippen molar-refractivity contribution in [1.29, 1.82) is 0 Å². The summed E-state index contributed by atoms with van der Waals surface area (Å²) in [5, 5.41) is 0. The van der Waals surface area contributed by atoms with E-state index in [1.165, 1.54) is 0 Å². The van der Waals surface area contributed by atoms with Gasteiger partial charge in [-0.3, -0.25) is 4.79 Å². The number of carbonyl (C=O) groups excluding carboxylic acids is 2. The zero-order chi connectivity index (χ0) is 13.6. The summed E-state index contributed by atoms with van der Waals surface area (Å²) < 4.78 is 4.93. The molecule has 0 aliphatic heterocycles. The van der Waals surface area contributed by atoms with Crippen molar-refractivity contribution in [2.24, 2.45) is 5.41 Å². The van der Waals surface area contributed by atoms with Gasteiger partial charge in [-0.15, -0.1) is 0 Å². The second kappa shape index (κ2) is 6.72. The van der Waals surface area contributed by atoms with Gasteiger partial charge < -0.3 is 4.74 Å². The molecule has 0 bridgehead atoms. The first-order valence-corrected chi connectivity index (χ1v) is 6.82. The Balaban J connectivity index is 2.42. The molecule has 102 valence electrons. The predicted octanol–water partition coefficient (Wildman–Crippen LogP) is 3.43. The summed E-state index contributed by atoms with van der Waals surface area (Å²) in [6.45, 7) is 6.18. The summed E-state index contributed by atoms with van der Waals surface area (Å²) in [6, 6.07) is 0. The highest BCUT2D eigenvalue weighted by atomic mass is 16.5. The molecule has 0 heterocycles. The quantitative estimate of drug-likeness (QED) is 0.556. The molecule has 0 aromatic rings. The summed E-state index contributed by atoms with van der Waals surface area (Å²) >= 11 is 0. The minimum atomic E-state index is -0.234. The molecule has 18 heavy (non-hydrogen) atoms. The van der Waals surface area contributed by atoms with Crippen LogP contribution < -0.4 is 0 Å². The van der Waals surface area contributed by atoms with E-state index >= 15 is 0 Å². The van der Waals surface area contributed by atoms with E-state index in [0.29, 0.717) is 24.4 Å². The largest absolute Gasteiger partial charge is 0.463 e. The van der Waals surface area contributed by atoms with Crippen LogP contribution in [0.25, 0.3) is 0 Å². The number of carbonyl (C=O) groups is 2. The lowest BCUT2D eigenvalue weighted by molar-refractivity contribution is -0.138. The van der Waals surface area contributed by atoms with Crippen LogP contribution >= 0.6 is 0 Å². The second-order valence-electron chi connectivity index (χ2n) is 5.53. The zero-order valence-electron chi connectivity index (χ0n) is 11.8. The molecule has 0 aromatic carbocycles. The van der Waals surface area contributed by atoms with E-state index in [4.69, 9.17) is 4.74 Å². The van der Waals surface area contributed by atoms with Crippen LogP contribution in [0.2, 0.25) is 0 Å². The van der Waals surface area contributed by atoms with Gasteiger partial charge in [-0.25, -0.2) is 4.79 Å². The topological polar surface area (TPSA) is 43.4 Å². The van der Waals surface area contributed by atoms with Crippen molar-refractivity contribution < 1.29 is 14.3 Å². The number of rotatable bonds is 5. The fourth-order valence-electron chi connectivity index (χ4n) is 2.54. The highest BCUT2D eigenvalue weighted by molar-refractivity contribution is 5.87. The summed E-state index contributed by atoms with van der Waals surface area (Å²) in [6.07, 6.45) is 7.31. The number of ether oxygens (including phenoxy) is 1. The fraction of sp³-hybridized carbons (Fsp3) is 0.733. The first-order chi connectivity index (χ1) is 8.47. The Morgan fingerprint density at radius 3 is 2.83 bits per heavy atom. The summed E-state index contributed by atoms with van der Waals surface area (Å²) in [7, 11) is 0. The van der Waals surface area contributed by atoms with Crippen molar-refractivity contribution in [2.45, 2.75) is 59.3 Å². The maximum absolute atomic E-state index is 11.5. The van der Waals surface area contributed by atoms with Crippen molar-refractivity contribution in [3.8, 4) is 0 Å². The van der Waals surface area contributed by atoms with Gasteiger partial charge in [0.1, 0.15) is 5.78 Å². The predicted molar refractivity (Wildman–Crippen MR) is 71.2 cm³/mol. The molecule has 1 atom stereocenters. The Kier molecular flexibility index (Phi) is 5.57. The molecule has 0 spiro atoms. The molecule has 1 saturated carbocycles. The number of esters is 1. The van der Waals surface area contributed by atoms with Crippen molar-refractivity contribution in [1.82, 2.24) is 0 Å². The Hall–Kier alpha value is -1.12. The first-order valence-electron chi connectivity index (χ1n) is 6.82. The Morgan fingerprint density at radius 1 is 1.50 bits per heavy atom. The van der Waals surface area contributed by atoms with Crippen LogP contribution in [0.4, 0.5) is 0 Å². The molecule has 1 aliphatic rings. The standard InChI is InChI=1S/C15H24O3/c1-4-18-14(17)12(2)7-5-9-15(3)10-6-8-13(16)11-15/h7H,4-6,8-11H2,1-3H3/b12-7+. The van der Waals surface area contributed by atoms with Crippen molar-refractivity contribution >= 4 is 11.8 Å². The first kappa shape index (κ1) is 14.9. The molecular formula is C15H24O3. The van der Waals surface area contributed by atoms with Gasteiger partial charge in [0.05, 0.1) is 6.61 Å². The lowest BCUT2D eigenvalue weighted by Crippen LogP contribution is -2.25. The van der Waals surface area contributed by atoms with Crippen LogP contribution in [0, 0.1) is 5.41 Å². The van der Waals surface area contributed by atoms with Gasteiger partial charge in [-0.2, -0.15) is 0 Å². The third kappa shape index (κ3) is 4.63. The van der Waals surface area contributed by atoms with Gasteiger partial charge >= 0.3 is 5.97 Å². The van der Waals surface area contributed by atoms with E-state index in [2.05, 4.69) is 6.92 Å². The molecule has 0 saturated heterocycles. The molecule has 0 N–H and O–H groups in total. The van der Waals surface area contributed by atoms with Crippen LogP contribution in [-0.2, 0) is 14.3 Å². The van der Waals surface area contributed by atoms with E-state index in [1.807, 2.05) is 6.08 Å². The average molecular weight is 252 g/mol. The molecule has 1 unspecified atom stereocenters. The highest BCUT2D eigenvalue weighted by Gasteiger charge is 2.30. The third-order valence-electron chi connectivity index (χ3n) is 3.66. The van der Waals surface area contributed by atoms with E-state index in [9.17, 15) is 9.59 Å². The highest BCUT2D eigenvalue weighted by Crippen LogP contribution is 2.38. The van der Waals surface area contributed by atoms with Gasteiger partial charge in [0, 0.05) is 18.4 Å². The third-order valence-corrected chi connectivity index (χ3v) is 3.66. The minimum Gasteiger partial charge on any atom is -0.463 e. The number of hydrogen-bond acceptors (Lipinski definition) is 3. The van der Waals surface area contributed by atoms with Gasteiger partial charge in [0.15, 0.2) is 0 Å².